The zero-order chi connectivity index (χ0) is 28.2. The number of carbonyl (C=O) groups excluding carboxylic acids is 1. The van der Waals surface area contributed by atoms with Crippen molar-refractivity contribution in [2.45, 2.75) is 37.0 Å². The molecule has 2 amide bonds. The molecule has 0 aliphatic rings. The molecule has 7 nitrogen and oxygen atoms in total. The van der Waals surface area contributed by atoms with Crippen molar-refractivity contribution >= 4 is 35.1 Å². The van der Waals surface area contributed by atoms with E-state index in [0.29, 0.717) is 27.4 Å². The zero-order valence-electron chi connectivity index (χ0n) is 21.2. The van der Waals surface area contributed by atoms with E-state index in [4.69, 9.17) is 16.3 Å². The van der Waals surface area contributed by atoms with Crippen LogP contribution in [-0.4, -0.2) is 27.9 Å². The summed E-state index contributed by atoms with van der Waals surface area (Å²) < 4.78 is 47.2. The minimum Gasteiger partial charge on any atom is -0.497 e. The largest absolute Gasteiger partial charge is 0.497 e. The minimum atomic E-state index is -4.62. The van der Waals surface area contributed by atoms with Crippen molar-refractivity contribution in [2.75, 3.05) is 12.4 Å². The van der Waals surface area contributed by atoms with Gasteiger partial charge in [0.1, 0.15) is 5.75 Å². The third kappa shape index (κ3) is 6.85. The van der Waals surface area contributed by atoms with Crippen LogP contribution in [-0.2, 0) is 11.9 Å². The lowest BCUT2D eigenvalue weighted by Gasteiger charge is -2.19. The number of carbonyl (C=O) groups is 1. The van der Waals surface area contributed by atoms with E-state index < -0.39 is 23.8 Å². The van der Waals surface area contributed by atoms with E-state index >= 15 is 0 Å². The molecule has 1 heterocycles. The number of nitrogens with zero attached hydrogens (tertiary/aromatic N) is 3. The van der Waals surface area contributed by atoms with E-state index in [1.54, 1.807) is 30.7 Å². The topological polar surface area (TPSA) is 81.1 Å². The Balaban J connectivity index is 1.61. The van der Waals surface area contributed by atoms with E-state index in [1.807, 2.05) is 37.3 Å². The SMILES string of the molecule is COc1cccc(CSc2nnc(C(C)NC(=O)Nc3ccccc3C(F)(F)F)n2-c2cc(Cl)ccc2C)c1. The fraction of sp³-hybridized carbons (Fsp3) is 0.222. The molecule has 0 aliphatic carbocycles. The molecule has 0 fully saturated rings. The summed E-state index contributed by atoms with van der Waals surface area (Å²) in [6.07, 6.45) is -4.62. The van der Waals surface area contributed by atoms with Gasteiger partial charge in [-0.1, -0.05) is 53.7 Å². The highest BCUT2D eigenvalue weighted by atomic mass is 35.5. The Morgan fingerprint density at radius 2 is 1.87 bits per heavy atom. The number of para-hydroxylation sites is 1. The number of benzene rings is 3. The van der Waals surface area contributed by atoms with Crippen LogP contribution in [0.4, 0.5) is 23.7 Å². The van der Waals surface area contributed by atoms with E-state index in [2.05, 4.69) is 20.8 Å². The summed E-state index contributed by atoms with van der Waals surface area (Å²) in [7, 11) is 1.60. The van der Waals surface area contributed by atoms with Gasteiger partial charge >= 0.3 is 12.2 Å². The Morgan fingerprint density at radius 1 is 1.10 bits per heavy atom. The maximum Gasteiger partial charge on any atom is 0.418 e. The second kappa shape index (κ2) is 12.0. The van der Waals surface area contributed by atoms with E-state index in [1.165, 1.54) is 30.0 Å². The van der Waals surface area contributed by atoms with E-state index in [9.17, 15) is 18.0 Å². The molecule has 4 aromatic rings. The first-order chi connectivity index (χ1) is 18.6. The molecule has 1 atom stereocenters. The van der Waals surface area contributed by atoms with Gasteiger partial charge in [-0.3, -0.25) is 4.57 Å². The van der Waals surface area contributed by atoms with Crippen molar-refractivity contribution in [3.8, 4) is 11.4 Å². The molecule has 4 rings (SSSR count). The summed E-state index contributed by atoms with van der Waals surface area (Å²) in [5, 5.41) is 14.7. The third-order valence-electron chi connectivity index (χ3n) is 5.79. The maximum atomic E-state index is 13.4. The summed E-state index contributed by atoms with van der Waals surface area (Å²) in [5.74, 6) is 1.68. The number of halogens is 4. The molecule has 1 aromatic heterocycles. The average Bonchev–Trinajstić information content (AvgIpc) is 3.32. The Bertz CT molecular complexity index is 1480. The standard InChI is InChI=1S/C27H25ClF3N5O2S/c1-16-11-12-19(28)14-23(16)36-24(34-35-26(36)39-15-18-7-6-8-20(13-18)38-3)17(2)32-25(37)33-22-10-5-4-9-21(22)27(29,30)31/h4-14,17H,15H2,1-3H3,(H2,32,33,37). The van der Waals surface area contributed by atoms with E-state index in [-0.39, 0.29) is 5.69 Å². The van der Waals surface area contributed by atoms with Gasteiger partial charge in [-0.15, -0.1) is 10.2 Å². The van der Waals surface area contributed by atoms with Crippen LogP contribution in [0.15, 0.2) is 71.9 Å². The Labute approximate surface area is 232 Å². The van der Waals surface area contributed by atoms with Crippen LogP contribution < -0.4 is 15.4 Å². The number of hydrogen-bond acceptors (Lipinski definition) is 5. The number of thioether (sulfide) groups is 1. The molecule has 39 heavy (non-hydrogen) atoms. The van der Waals surface area contributed by atoms with Crippen LogP contribution in [0, 0.1) is 6.92 Å². The number of aromatic nitrogens is 3. The number of aryl methyl sites for hydroxylation is 1. The summed E-state index contributed by atoms with van der Waals surface area (Å²) in [4.78, 5) is 12.7. The van der Waals surface area contributed by atoms with Crippen molar-refractivity contribution in [1.82, 2.24) is 20.1 Å². The van der Waals surface area contributed by atoms with Gasteiger partial charge in [0.2, 0.25) is 0 Å². The van der Waals surface area contributed by atoms with Gasteiger partial charge < -0.3 is 15.4 Å². The van der Waals surface area contributed by atoms with Gasteiger partial charge in [-0.05, 0) is 61.4 Å². The fourth-order valence-electron chi connectivity index (χ4n) is 3.87. The molecule has 0 bridgehead atoms. The smallest absolute Gasteiger partial charge is 0.418 e. The van der Waals surface area contributed by atoms with Crippen LogP contribution in [0.1, 0.15) is 35.5 Å². The van der Waals surface area contributed by atoms with Gasteiger partial charge in [0.25, 0.3) is 0 Å². The van der Waals surface area contributed by atoms with Crippen molar-refractivity contribution < 1.29 is 22.7 Å². The molecule has 204 valence electrons. The lowest BCUT2D eigenvalue weighted by Crippen LogP contribution is -2.33. The average molecular weight is 576 g/mol. The number of anilines is 1. The number of ether oxygens (including phenoxy) is 1. The number of urea groups is 1. The molecule has 0 radical (unpaired) electrons. The normalized spacial score (nSPS) is 12.2. The fourth-order valence-corrected chi connectivity index (χ4v) is 4.94. The van der Waals surface area contributed by atoms with Crippen molar-refractivity contribution in [3.05, 3.63) is 94.3 Å². The molecule has 2 N–H and O–H groups in total. The van der Waals surface area contributed by atoms with Crippen molar-refractivity contribution in [3.63, 3.8) is 0 Å². The van der Waals surface area contributed by atoms with Gasteiger partial charge in [0, 0.05) is 10.8 Å². The number of hydrogen-bond donors (Lipinski definition) is 2. The minimum absolute atomic E-state index is 0.351. The predicted octanol–water partition coefficient (Wildman–Crippen LogP) is 7.43. The lowest BCUT2D eigenvalue weighted by molar-refractivity contribution is -0.136. The maximum absolute atomic E-state index is 13.4. The number of amides is 2. The third-order valence-corrected chi connectivity index (χ3v) is 7.02. The summed E-state index contributed by atoms with van der Waals surface area (Å²) in [6, 6.07) is 16.3. The molecular formula is C27H25ClF3N5O2S. The Hall–Kier alpha value is -3.70. The van der Waals surface area contributed by atoms with Gasteiger partial charge in [0.05, 0.1) is 30.1 Å². The zero-order valence-corrected chi connectivity index (χ0v) is 22.8. The first-order valence-corrected chi connectivity index (χ1v) is 13.1. The summed E-state index contributed by atoms with van der Waals surface area (Å²) in [6.45, 7) is 3.58. The lowest BCUT2D eigenvalue weighted by atomic mass is 10.1. The Kier molecular flexibility index (Phi) is 8.71. The van der Waals surface area contributed by atoms with Crippen LogP contribution in [0.5, 0.6) is 5.75 Å². The quantitative estimate of drug-likeness (QED) is 0.214. The number of rotatable bonds is 8. The molecule has 12 heteroatoms. The second-order valence-electron chi connectivity index (χ2n) is 8.61. The predicted molar refractivity (Wildman–Crippen MR) is 146 cm³/mol. The van der Waals surface area contributed by atoms with Gasteiger partial charge in [-0.2, -0.15) is 13.2 Å². The van der Waals surface area contributed by atoms with Crippen LogP contribution >= 0.6 is 23.4 Å². The molecule has 0 aliphatic heterocycles. The monoisotopic (exact) mass is 575 g/mol. The highest BCUT2D eigenvalue weighted by Gasteiger charge is 2.33. The number of alkyl halides is 3. The number of nitrogens with one attached hydrogen (secondary N) is 2. The van der Waals surface area contributed by atoms with Crippen LogP contribution in [0.25, 0.3) is 5.69 Å². The number of methoxy groups -OCH3 is 1. The molecule has 1 unspecified atom stereocenters. The van der Waals surface area contributed by atoms with Crippen molar-refractivity contribution in [1.29, 1.82) is 0 Å². The summed E-state index contributed by atoms with van der Waals surface area (Å²) >= 11 is 7.73. The first kappa shape index (κ1) is 28.3. The highest BCUT2D eigenvalue weighted by molar-refractivity contribution is 7.98. The Morgan fingerprint density at radius 3 is 2.62 bits per heavy atom. The van der Waals surface area contributed by atoms with Gasteiger partial charge in [0.15, 0.2) is 11.0 Å². The van der Waals surface area contributed by atoms with Crippen molar-refractivity contribution in [2.24, 2.45) is 0 Å². The van der Waals surface area contributed by atoms with Crippen LogP contribution in [0.2, 0.25) is 5.02 Å². The molecule has 0 spiro atoms. The second-order valence-corrected chi connectivity index (χ2v) is 9.99. The van der Waals surface area contributed by atoms with E-state index in [0.717, 1.165) is 22.9 Å². The molecular weight excluding hydrogens is 551 g/mol. The summed E-state index contributed by atoms with van der Waals surface area (Å²) in [5.41, 5.74) is 1.32. The molecule has 0 saturated heterocycles. The van der Waals surface area contributed by atoms with Gasteiger partial charge in [-0.25, -0.2) is 4.79 Å². The molecule has 0 saturated carbocycles. The van der Waals surface area contributed by atoms with Crippen LogP contribution in [0.3, 0.4) is 0 Å². The first-order valence-electron chi connectivity index (χ1n) is 11.8. The molecule has 3 aromatic carbocycles. The highest BCUT2D eigenvalue weighted by Crippen LogP contribution is 2.35.